The first-order valence-electron chi connectivity index (χ1n) is 8.92. The van der Waals surface area contributed by atoms with Crippen LogP contribution >= 0.6 is 11.3 Å². The number of carbonyl (C=O) groups excluding carboxylic acids is 1. The Morgan fingerprint density at radius 1 is 1.29 bits per heavy atom. The van der Waals surface area contributed by atoms with Crippen molar-refractivity contribution in [3.63, 3.8) is 0 Å². The molecule has 4 rings (SSSR count). The second kappa shape index (κ2) is 8.07. The number of hydrogen-bond donors (Lipinski definition) is 0. The SMILES string of the molecule is COc1ccc(OC)c2sc(N(CC3CCCO3)C(=O)c3cnccn3)nc12. The highest BCUT2D eigenvalue weighted by molar-refractivity contribution is 7.22. The van der Waals surface area contributed by atoms with Gasteiger partial charge in [0.1, 0.15) is 27.4 Å². The Morgan fingerprint density at radius 3 is 2.79 bits per heavy atom. The number of fused-ring (bicyclic) bond motifs is 1. The largest absolute Gasteiger partial charge is 0.495 e. The van der Waals surface area contributed by atoms with E-state index in [4.69, 9.17) is 19.2 Å². The van der Waals surface area contributed by atoms with Gasteiger partial charge in [0.15, 0.2) is 5.13 Å². The Morgan fingerprint density at radius 2 is 2.11 bits per heavy atom. The molecule has 3 heterocycles. The first kappa shape index (κ1) is 18.6. The summed E-state index contributed by atoms with van der Waals surface area (Å²) in [6.07, 6.45) is 6.35. The number of thiazole rings is 1. The molecule has 1 saturated heterocycles. The second-order valence-corrected chi connectivity index (χ2v) is 7.26. The average Bonchev–Trinajstić information content (AvgIpc) is 3.41. The number of hydrogen-bond acceptors (Lipinski definition) is 8. The first-order chi connectivity index (χ1) is 13.7. The molecule has 0 bridgehead atoms. The van der Waals surface area contributed by atoms with Gasteiger partial charge in [-0.1, -0.05) is 11.3 Å². The van der Waals surface area contributed by atoms with Gasteiger partial charge in [-0.25, -0.2) is 9.97 Å². The summed E-state index contributed by atoms with van der Waals surface area (Å²) in [7, 11) is 3.20. The van der Waals surface area contributed by atoms with Crippen molar-refractivity contribution in [3.8, 4) is 11.5 Å². The zero-order chi connectivity index (χ0) is 19.5. The second-order valence-electron chi connectivity index (χ2n) is 6.29. The molecule has 8 nitrogen and oxygen atoms in total. The summed E-state index contributed by atoms with van der Waals surface area (Å²) in [6.45, 7) is 1.11. The van der Waals surface area contributed by atoms with E-state index < -0.39 is 0 Å². The zero-order valence-corrected chi connectivity index (χ0v) is 16.4. The summed E-state index contributed by atoms with van der Waals surface area (Å²) >= 11 is 1.38. The van der Waals surface area contributed by atoms with E-state index in [0.717, 1.165) is 17.5 Å². The molecular formula is C19H20N4O4S. The van der Waals surface area contributed by atoms with Gasteiger partial charge in [-0.2, -0.15) is 0 Å². The molecule has 0 N–H and O–H groups in total. The number of carbonyl (C=O) groups is 1. The number of rotatable bonds is 6. The fraction of sp³-hybridized carbons (Fsp3) is 0.368. The van der Waals surface area contributed by atoms with Crippen LogP contribution in [0.2, 0.25) is 0 Å². The highest BCUT2D eigenvalue weighted by Gasteiger charge is 2.28. The maximum absolute atomic E-state index is 13.2. The minimum atomic E-state index is -0.263. The van der Waals surface area contributed by atoms with Gasteiger partial charge in [-0.3, -0.25) is 14.7 Å². The van der Waals surface area contributed by atoms with E-state index in [1.807, 2.05) is 6.07 Å². The third kappa shape index (κ3) is 3.50. The lowest BCUT2D eigenvalue weighted by Gasteiger charge is -2.22. The molecule has 3 aromatic rings. The van der Waals surface area contributed by atoms with Crippen LogP contribution in [0.15, 0.2) is 30.7 Å². The van der Waals surface area contributed by atoms with E-state index in [1.165, 1.54) is 29.9 Å². The van der Waals surface area contributed by atoms with Crippen molar-refractivity contribution in [3.05, 3.63) is 36.4 Å². The van der Waals surface area contributed by atoms with Gasteiger partial charge in [-0.05, 0) is 25.0 Å². The van der Waals surface area contributed by atoms with E-state index >= 15 is 0 Å². The summed E-state index contributed by atoms with van der Waals surface area (Å²) in [5, 5.41) is 0.545. The van der Waals surface area contributed by atoms with Crippen molar-refractivity contribution < 1.29 is 19.0 Å². The quantitative estimate of drug-likeness (QED) is 0.629. The Labute approximate surface area is 166 Å². The van der Waals surface area contributed by atoms with E-state index in [1.54, 1.807) is 25.2 Å². The highest BCUT2D eigenvalue weighted by Crippen LogP contribution is 2.40. The molecule has 0 spiro atoms. The van der Waals surface area contributed by atoms with Gasteiger partial charge in [0.05, 0.1) is 33.1 Å². The lowest BCUT2D eigenvalue weighted by atomic mass is 10.2. The molecule has 9 heteroatoms. The number of aromatic nitrogens is 3. The smallest absolute Gasteiger partial charge is 0.280 e. The maximum atomic E-state index is 13.2. The minimum absolute atomic E-state index is 0.0311. The fourth-order valence-corrected chi connectivity index (χ4v) is 4.26. The number of amides is 1. The lowest BCUT2D eigenvalue weighted by Crippen LogP contribution is -2.38. The predicted octanol–water partition coefficient (Wildman–Crippen LogP) is 2.93. The van der Waals surface area contributed by atoms with Crippen molar-refractivity contribution in [1.29, 1.82) is 0 Å². The Bertz CT molecular complexity index is 932. The molecule has 1 aliphatic heterocycles. The summed E-state index contributed by atoms with van der Waals surface area (Å²) < 4.78 is 17.5. The Hall–Kier alpha value is -2.78. The molecule has 1 amide bonds. The van der Waals surface area contributed by atoms with Crippen LogP contribution in [-0.2, 0) is 4.74 Å². The summed E-state index contributed by atoms with van der Waals surface area (Å²) in [5.41, 5.74) is 0.921. The van der Waals surface area contributed by atoms with E-state index in [-0.39, 0.29) is 17.7 Å². The van der Waals surface area contributed by atoms with Crippen LogP contribution in [0.3, 0.4) is 0 Å². The number of anilines is 1. The van der Waals surface area contributed by atoms with Crippen molar-refractivity contribution in [2.75, 3.05) is 32.3 Å². The average molecular weight is 400 g/mol. The van der Waals surface area contributed by atoms with Crippen LogP contribution < -0.4 is 14.4 Å². The van der Waals surface area contributed by atoms with Crippen LogP contribution in [0.4, 0.5) is 5.13 Å². The monoisotopic (exact) mass is 400 g/mol. The molecule has 1 aromatic carbocycles. The maximum Gasteiger partial charge on any atom is 0.280 e. The van der Waals surface area contributed by atoms with Crippen molar-refractivity contribution in [2.45, 2.75) is 18.9 Å². The van der Waals surface area contributed by atoms with Crippen LogP contribution in [0.5, 0.6) is 11.5 Å². The predicted molar refractivity (Wildman–Crippen MR) is 105 cm³/mol. The number of methoxy groups -OCH3 is 2. The molecule has 1 unspecified atom stereocenters. The third-order valence-corrected chi connectivity index (χ3v) is 5.66. The zero-order valence-electron chi connectivity index (χ0n) is 15.6. The first-order valence-corrected chi connectivity index (χ1v) is 9.74. The van der Waals surface area contributed by atoms with Crippen LogP contribution in [0.25, 0.3) is 10.2 Å². The molecule has 1 atom stereocenters. The van der Waals surface area contributed by atoms with Gasteiger partial charge in [0, 0.05) is 19.0 Å². The van der Waals surface area contributed by atoms with Gasteiger partial charge < -0.3 is 14.2 Å². The van der Waals surface area contributed by atoms with E-state index in [0.29, 0.717) is 35.3 Å². The molecule has 1 aliphatic rings. The fourth-order valence-electron chi connectivity index (χ4n) is 3.18. The topological polar surface area (TPSA) is 86.7 Å². The van der Waals surface area contributed by atoms with Crippen LogP contribution in [0, 0.1) is 0 Å². The third-order valence-electron chi connectivity index (χ3n) is 4.57. The van der Waals surface area contributed by atoms with Crippen LogP contribution in [-0.4, -0.2) is 54.3 Å². The summed E-state index contributed by atoms with van der Waals surface area (Å²) in [6, 6.07) is 3.64. The molecule has 0 aliphatic carbocycles. The standard InChI is InChI=1S/C19H20N4O4S/c1-25-14-5-6-15(26-2)17-16(14)22-19(28-17)23(11-12-4-3-9-27-12)18(24)13-10-20-7-8-21-13/h5-8,10,12H,3-4,9,11H2,1-2H3. The summed E-state index contributed by atoms with van der Waals surface area (Å²) in [5.74, 6) is 1.05. The van der Waals surface area contributed by atoms with E-state index in [2.05, 4.69) is 9.97 Å². The lowest BCUT2D eigenvalue weighted by molar-refractivity contribution is 0.0913. The van der Waals surface area contributed by atoms with Crippen LogP contribution in [0.1, 0.15) is 23.3 Å². The molecule has 28 heavy (non-hydrogen) atoms. The molecule has 2 aromatic heterocycles. The minimum Gasteiger partial charge on any atom is -0.495 e. The van der Waals surface area contributed by atoms with Crippen molar-refractivity contribution in [1.82, 2.24) is 15.0 Å². The molecular weight excluding hydrogens is 380 g/mol. The van der Waals surface area contributed by atoms with Gasteiger partial charge in [0.25, 0.3) is 5.91 Å². The van der Waals surface area contributed by atoms with E-state index in [9.17, 15) is 4.79 Å². The Balaban J connectivity index is 1.78. The molecule has 0 radical (unpaired) electrons. The molecule has 146 valence electrons. The van der Waals surface area contributed by atoms with Crippen molar-refractivity contribution >= 4 is 32.6 Å². The number of ether oxygens (including phenoxy) is 3. The molecule has 0 saturated carbocycles. The molecule has 1 fully saturated rings. The normalized spacial score (nSPS) is 16.3. The van der Waals surface area contributed by atoms with Crippen molar-refractivity contribution in [2.24, 2.45) is 0 Å². The number of benzene rings is 1. The summed E-state index contributed by atoms with van der Waals surface area (Å²) in [4.78, 5) is 27.7. The van der Waals surface area contributed by atoms with Gasteiger partial charge in [0.2, 0.25) is 0 Å². The van der Waals surface area contributed by atoms with Gasteiger partial charge >= 0.3 is 0 Å². The van der Waals surface area contributed by atoms with Gasteiger partial charge in [-0.15, -0.1) is 0 Å². The Kier molecular flexibility index (Phi) is 5.36. The number of nitrogens with zero attached hydrogens (tertiary/aromatic N) is 4. The highest BCUT2D eigenvalue weighted by atomic mass is 32.1.